The molecule has 0 aromatic heterocycles. The number of amides is 1. The molecule has 1 unspecified atom stereocenters. The third-order valence-electron chi connectivity index (χ3n) is 4.82. The zero-order chi connectivity index (χ0) is 18.5. The second-order valence-electron chi connectivity index (χ2n) is 6.67. The number of benzene rings is 2. The van der Waals surface area contributed by atoms with Gasteiger partial charge in [-0.15, -0.1) is 0 Å². The van der Waals surface area contributed by atoms with Gasteiger partial charge in [0.1, 0.15) is 11.5 Å². The van der Waals surface area contributed by atoms with Gasteiger partial charge in [-0.2, -0.15) is 0 Å². The van der Waals surface area contributed by atoms with E-state index in [2.05, 4.69) is 36.1 Å². The summed E-state index contributed by atoms with van der Waals surface area (Å²) < 4.78 is 10.6. The van der Waals surface area contributed by atoms with E-state index in [1.165, 1.54) is 5.56 Å². The van der Waals surface area contributed by atoms with Gasteiger partial charge in [0.15, 0.2) is 0 Å². The number of piperazine rings is 1. The van der Waals surface area contributed by atoms with Gasteiger partial charge < -0.3 is 14.4 Å². The topological polar surface area (TPSA) is 42.0 Å². The second-order valence-corrected chi connectivity index (χ2v) is 6.67. The Kier molecular flexibility index (Phi) is 5.78. The van der Waals surface area contributed by atoms with Crippen molar-refractivity contribution in [3.8, 4) is 11.5 Å². The summed E-state index contributed by atoms with van der Waals surface area (Å²) in [4.78, 5) is 17.3. The maximum Gasteiger partial charge on any atom is 0.254 e. The molecule has 3 rings (SSSR count). The van der Waals surface area contributed by atoms with E-state index in [1.54, 1.807) is 32.4 Å². The number of nitrogens with zero attached hydrogens (tertiary/aromatic N) is 2. The Balaban J connectivity index is 1.68. The van der Waals surface area contributed by atoms with Crippen LogP contribution in [-0.4, -0.2) is 55.6 Å². The number of carbonyl (C=O) groups is 1. The number of carbonyl (C=O) groups excluding carboxylic acids is 1. The van der Waals surface area contributed by atoms with Gasteiger partial charge in [0.05, 0.1) is 14.2 Å². The standard InChI is InChI=1S/C21H26N2O3/c1-16-14-22(15-17-7-5-4-6-8-17)9-10-23(16)21(24)18-11-19(25-2)13-20(12-18)26-3/h4-8,11-13,16H,9-10,14-15H2,1-3H3. The normalized spacial score (nSPS) is 17.8. The molecule has 26 heavy (non-hydrogen) atoms. The quantitative estimate of drug-likeness (QED) is 0.828. The van der Waals surface area contributed by atoms with E-state index in [0.717, 1.165) is 19.6 Å². The zero-order valence-corrected chi connectivity index (χ0v) is 15.6. The van der Waals surface area contributed by atoms with Gasteiger partial charge in [0.25, 0.3) is 5.91 Å². The van der Waals surface area contributed by atoms with Crippen LogP contribution in [-0.2, 0) is 6.54 Å². The third-order valence-corrected chi connectivity index (χ3v) is 4.82. The average molecular weight is 354 g/mol. The molecule has 1 amide bonds. The molecule has 1 saturated heterocycles. The number of hydrogen-bond acceptors (Lipinski definition) is 4. The fourth-order valence-corrected chi connectivity index (χ4v) is 3.42. The van der Waals surface area contributed by atoms with Crippen LogP contribution >= 0.6 is 0 Å². The van der Waals surface area contributed by atoms with E-state index in [0.29, 0.717) is 23.6 Å². The van der Waals surface area contributed by atoms with Crippen molar-refractivity contribution in [1.82, 2.24) is 9.80 Å². The predicted octanol–water partition coefficient (Wildman–Crippen LogP) is 3.05. The van der Waals surface area contributed by atoms with E-state index in [1.807, 2.05) is 11.0 Å². The Hall–Kier alpha value is -2.53. The minimum Gasteiger partial charge on any atom is -0.497 e. The monoisotopic (exact) mass is 354 g/mol. The van der Waals surface area contributed by atoms with Crippen molar-refractivity contribution in [2.24, 2.45) is 0 Å². The smallest absolute Gasteiger partial charge is 0.254 e. The maximum absolute atomic E-state index is 13.0. The van der Waals surface area contributed by atoms with Gasteiger partial charge in [-0.3, -0.25) is 9.69 Å². The third kappa shape index (κ3) is 4.17. The molecule has 138 valence electrons. The maximum atomic E-state index is 13.0. The van der Waals surface area contributed by atoms with Gasteiger partial charge >= 0.3 is 0 Å². The number of methoxy groups -OCH3 is 2. The lowest BCUT2D eigenvalue weighted by Crippen LogP contribution is -2.53. The van der Waals surface area contributed by atoms with Crippen LogP contribution in [0.15, 0.2) is 48.5 Å². The van der Waals surface area contributed by atoms with Crippen LogP contribution in [0.5, 0.6) is 11.5 Å². The molecular formula is C21H26N2O3. The molecule has 2 aromatic carbocycles. The van der Waals surface area contributed by atoms with Crippen LogP contribution in [0.4, 0.5) is 0 Å². The van der Waals surface area contributed by atoms with Gasteiger partial charge in [-0.25, -0.2) is 0 Å². The summed E-state index contributed by atoms with van der Waals surface area (Å²) in [7, 11) is 3.18. The average Bonchev–Trinajstić information content (AvgIpc) is 2.68. The first-order chi connectivity index (χ1) is 12.6. The lowest BCUT2D eigenvalue weighted by Gasteiger charge is -2.40. The van der Waals surface area contributed by atoms with Gasteiger partial charge in [-0.1, -0.05) is 30.3 Å². The molecule has 1 aliphatic heterocycles. The van der Waals surface area contributed by atoms with E-state index < -0.39 is 0 Å². The van der Waals surface area contributed by atoms with Crippen molar-refractivity contribution >= 4 is 5.91 Å². The summed E-state index contributed by atoms with van der Waals surface area (Å²) in [5.74, 6) is 1.28. The van der Waals surface area contributed by atoms with Crippen LogP contribution in [0.25, 0.3) is 0 Å². The molecule has 5 nitrogen and oxygen atoms in total. The summed E-state index contributed by atoms with van der Waals surface area (Å²) in [5.41, 5.74) is 1.90. The highest BCUT2D eigenvalue weighted by atomic mass is 16.5. The van der Waals surface area contributed by atoms with Crippen LogP contribution in [0, 0.1) is 0 Å². The van der Waals surface area contributed by atoms with Gasteiger partial charge in [-0.05, 0) is 24.6 Å². The molecule has 2 aromatic rings. The highest BCUT2D eigenvalue weighted by Gasteiger charge is 2.28. The SMILES string of the molecule is COc1cc(OC)cc(C(=O)N2CCN(Cc3ccccc3)CC2C)c1. The van der Waals surface area contributed by atoms with Crippen molar-refractivity contribution < 1.29 is 14.3 Å². The summed E-state index contributed by atoms with van der Waals surface area (Å²) in [6, 6.07) is 15.9. The Labute approximate surface area is 155 Å². The van der Waals surface area contributed by atoms with Crippen molar-refractivity contribution in [3.63, 3.8) is 0 Å². The molecule has 1 aliphatic rings. The summed E-state index contributed by atoms with van der Waals surface area (Å²) >= 11 is 0. The van der Waals surface area contributed by atoms with E-state index in [4.69, 9.17) is 9.47 Å². The molecule has 0 radical (unpaired) electrons. The Bertz CT molecular complexity index is 726. The minimum atomic E-state index is 0.0223. The lowest BCUT2D eigenvalue weighted by molar-refractivity contribution is 0.0475. The highest BCUT2D eigenvalue weighted by molar-refractivity contribution is 5.95. The molecule has 1 atom stereocenters. The van der Waals surface area contributed by atoms with Crippen LogP contribution in [0.3, 0.4) is 0 Å². The van der Waals surface area contributed by atoms with E-state index in [9.17, 15) is 4.79 Å². The fraction of sp³-hybridized carbons (Fsp3) is 0.381. The Morgan fingerprint density at radius 1 is 1.04 bits per heavy atom. The van der Waals surface area contributed by atoms with Gasteiger partial charge in [0, 0.05) is 43.9 Å². The Morgan fingerprint density at radius 2 is 1.69 bits per heavy atom. The first-order valence-electron chi connectivity index (χ1n) is 8.91. The van der Waals surface area contributed by atoms with Crippen molar-refractivity contribution in [2.45, 2.75) is 19.5 Å². The van der Waals surface area contributed by atoms with Crippen molar-refractivity contribution in [1.29, 1.82) is 0 Å². The van der Waals surface area contributed by atoms with Crippen LogP contribution < -0.4 is 9.47 Å². The zero-order valence-electron chi connectivity index (χ0n) is 15.6. The molecule has 0 saturated carbocycles. The minimum absolute atomic E-state index is 0.0223. The molecule has 5 heteroatoms. The molecule has 1 fully saturated rings. The lowest BCUT2D eigenvalue weighted by atomic mass is 10.1. The molecule has 0 spiro atoms. The molecule has 1 heterocycles. The van der Waals surface area contributed by atoms with E-state index in [-0.39, 0.29) is 11.9 Å². The number of hydrogen-bond donors (Lipinski definition) is 0. The molecule has 0 bridgehead atoms. The first kappa shape index (κ1) is 18.3. The van der Waals surface area contributed by atoms with Crippen molar-refractivity contribution in [2.75, 3.05) is 33.9 Å². The predicted molar refractivity (Wildman–Crippen MR) is 102 cm³/mol. The van der Waals surface area contributed by atoms with Crippen LogP contribution in [0.2, 0.25) is 0 Å². The number of ether oxygens (including phenoxy) is 2. The fourth-order valence-electron chi connectivity index (χ4n) is 3.42. The second kappa shape index (κ2) is 8.23. The van der Waals surface area contributed by atoms with E-state index >= 15 is 0 Å². The molecule has 0 N–H and O–H groups in total. The summed E-state index contributed by atoms with van der Waals surface area (Å²) in [6.45, 7) is 5.47. The summed E-state index contributed by atoms with van der Waals surface area (Å²) in [6.07, 6.45) is 0. The van der Waals surface area contributed by atoms with Gasteiger partial charge in [0.2, 0.25) is 0 Å². The first-order valence-corrected chi connectivity index (χ1v) is 8.91. The van der Waals surface area contributed by atoms with Crippen molar-refractivity contribution in [3.05, 3.63) is 59.7 Å². The molecular weight excluding hydrogens is 328 g/mol. The summed E-state index contributed by atoms with van der Waals surface area (Å²) in [5, 5.41) is 0. The number of rotatable bonds is 5. The largest absolute Gasteiger partial charge is 0.497 e. The molecule has 0 aliphatic carbocycles. The Morgan fingerprint density at radius 3 is 2.27 bits per heavy atom. The van der Waals surface area contributed by atoms with Crippen LogP contribution in [0.1, 0.15) is 22.8 Å². The highest BCUT2D eigenvalue weighted by Crippen LogP contribution is 2.25.